The summed E-state index contributed by atoms with van der Waals surface area (Å²) in [4.78, 5) is 39.0. The van der Waals surface area contributed by atoms with Crippen LogP contribution < -0.4 is 16.4 Å². The molecular weight excluding hydrogens is 380 g/mol. The fraction of sp³-hybridized carbons (Fsp3) is 0.632. The van der Waals surface area contributed by atoms with Gasteiger partial charge in [-0.25, -0.2) is 0 Å². The molecule has 1 heterocycles. The first-order chi connectivity index (χ1) is 13.4. The van der Waals surface area contributed by atoms with Crippen LogP contribution in [0.4, 0.5) is 5.00 Å². The van der Waals surface area contributed by atoms with Gasteiger partial charge in [0.1, 0.15) is 5.00 Å². The van der Waals surface area contributed by atoms with Crippen LogP contribution in [-0.2, 0) is 27.2 Å². The van der Waals surface area contributed by atoms with Gasteiger partial charge in [-0.15, -0.1) is 11.3 Å². The Morgan fingerprint density at radius 3 is 2.68 bits per heavy atom. The van der Waals surface area contributed by atoms with Crippen LogP contribution in [0.2, 0.25) is 0 Å². The zero-order chi connectivity index (χ0) is 20.5. The van der Waals surface area contributed by atoms with E-state index in [0.29, 0.717) is 30.3 Å². The number of primary amides is 1. The molecule has 1 aromatic heterocycles. The average molecular weight is 411 g/mol. The molecule has 0 aromatic carbocycles. The van der Waals surface area contributed by atoms with Gasteiger partial charge in [0, 0.05) is 38.1 Å². The number of carbonyl (C=O) groups is 3. The Labute approximate surface area is 169 Å². The summed E-state index contributed by atoms with van der Waals surface area (Å²) in [6.45, 7) is 1.84. The third-order valence-corrected chi connectivity index (χ3v) is 5.86. The maximum atomic E-state index is 12.3. The van der Waals surface area contributed by atoms with Gasteiger partial charge in [0.25, 0.3) is 5.91 Å². The second kappa shape index (κ2) is 11.1. The van der Waals surface area contributed by atoms with Gasteiger partial charge in [-0.05, 0) is 44.7 Å². The van der Waals surface area contributed by atoms with Crippen molar-refractivity contribution in [3.05, 3.63) is 16.0 Å². The Hall–Kier alpha value is -1.97. The van der Waals surface area contributed by atoms with E-state index >= 15 is 0 Å². The molecule has 0 bridgehead atoms. The lowest BCUT2D eigenvalue weighted by atomic mass is 9.95. The number of nitrogens with one attached hydrogen (secondary N) is 2. The first kappa shape index (κ1) is 22.3. The minimum Gasteiger partial charge on any atom is -0.385 e. The number of nitrogens with zero attached hydrogens (tertiary/aromatic N) is 1. The number of carbonyl (C=O) groups excluding carboxylic acids is 3. The van der Waals surface area contributed by atoms with Crippen molar-refractivity contribution in [1.29, 1.82) is 0 Å². The van der Waals surface area contributed by atoms with Crippen molar-refractivity contribution in [2.24, 2.45) is 5.73 Å². The van der Waals surface area contributed by atoms with Gasteiger partial charge in [-0.1, -0.05) is 0 Å². The van der Waals surface area contributed by atoms with Crippen molar-refractivity contribution in [3.8, 4) is 0 Å². The molecule has 0 unspecified atom stereocenters. The zero-order valence-corrected chi connectivity index (χ0v) is 17.5. The van der Waals surface area contributed by atoms with E-state index in [1.165, 1.54) is 11.3 Å². The number of amides is 3. The molecule has 1 aromatic rings. The van der Waals surface area contributed by atoms with Gasteiger partial charge in [0.2, 0.25) is 11.8 Å². The normalized spacial score (nSPS) is 13.2. The Bertz CT molecular complexity index is 704. The summed E-state index contributed by atoms with van der Waals surface area (Å²) in [5, 5.41) is 6.21. The zero-order valence-electron chi connectivity index (χ0n) is 16.6. The van der Waals surface area contributed by atoms with E-state index in [1.807, 2.05) is 0 Å². The minimum atomic E-state index is -0.489. The number of methoxy groups -OCH3 is 1. The molecule has 0 radical (unpaired) electrons. The fourth-order valence-electron chi connectivity index (χ4n) is 3.22. The molecular formula is C19H30N4O4S. The lowest BCUT2D eigenvalue weighted by Crippen LogP contribution is -2.37. The van der Waals surface area contributed by atoms with Crippen molar-refractivity contribution in [2.45, 2.75) is 38.5 Å². The van der Waals surface area contributed by atoms with Crippen LogP contribution in [0.3, 0.4) is 0 Å². The minimum absolute atomic E-state index is 0.0824. The maximum Gasteiger partial charge on any atom is 0.251 e. The molecule has 9 heteroatoms. The molecule has 0 spiro atoms. The number of thiophene rings is 1. The number of ether oxygens (including phenoxy) is 1. The Morgan fingerprint density at radius 1 is 1.21 bits per heavy atom. The number of nitrogens with two attached hydrogens (primary N) is 1. The van der Waals surface area contributed by atoms with E-state index in [9.17, 15) is 14.4 Å². The molecule has 0 fully saturated rings. The van der Waals surface area contributed by atoms with Crippen LogP contribution in [0, 0.1) is 0 Å². The first-order valence-corrected chi connectivity index (χ1v) is 10.4. The SMILES string of the molecule is COCCCNC(=O)CN(C)CCC(=O)Nc1sc2c(c1C(N)=O)CCCC2. The topological polar surface area (TPSA) is 114 Å². The monoisotopic (exact) mass is 410 g/mol. The molecule has 0 saturated carbocycles. The van der Waals surface area contributed by atoms with E-state index in [2.05, 4.69) is 10.6 Å². The standard InChI is InChI=1S/C19H30N4O4S/c1-23(12-16(25)21-9-5-11-27-2)10-8-15(24)22-19-17(18(20)26)13-6-3-4-7-14(13)28-19/h3-12H2,1-2H3,(H2,20,26)(H,21,25)(H,22,24). The van der Waals surface area contributed by atoms with Crippen molar-refractivity contribution in [1.82, 2.24) is 10.2 Å². The molecule has 0 saturated heterocycles. The molecule has 8 nitrogen and oxygen atoms in total. The van der Waals surface area contributed by atoms with Crippen LogP contribution in [0.15, 0.2) is 0 Å². The summed E-state index contributed by atoms with van der Waals surface area (Å²) >= 11 is 1.46. The highest BCUT2D eigenvalue weighted by molar-refractivity contribution is 7.17. The van der Waals surface area contributed by atoms with E-state index in [1.54, 1.807) is 19.1 Å². The second-order valence-corrected chi connectivity index (χ2v) is 8.12. The van der Waals surface area contributed by atoms with Gasteiger partial charge >= 0.3 is 0 Å². The molecule has 4 N–H and O–H groups in total. The van der Waals surface area contributed by atoms with Gasteiger partial charge in [0.05, 0.1) is 12.1 Å². The number of likely N-dealkylation sites (N-methyl/N-ethyl adjacent to an activating group) is 1. The molecule has 2 rings (SSSR count). The van der Waals surface area contributed by atoms with Gasteiger partial charge in [0.15, 0.2) is 0 Å². The smallest absolute Gasteiger partial charge is 0.251 e. The number of rotatable bonds is 11. The Morgan fingerprint density at radius 2 is 1.96 bits per heavy atom. The molecule has 0 aliphatic heterocycles. The molecule has 3 amide bonds. The quantitative estimate of drug-likeness (QED) is 0.474. The van der Waals surface area contributed by atoms with Crippen molar-refractivity contribution in [3.63, 3.8) is 0 Å². The van der Waals surface area contributed by atoms with Gasteiger partial charge in [-0.2, -0.15) is 0 Å². The highest BCUT2D eigenvalue weighted by atomic mass is 32.1. The highest BCUT2D eigenvalue weighted by Gasteiger charge is 2.24. The molecule has 1 aliphatic rings. The summed E-state index contributed by atoms with van der Waals surface area (Å²) < 4.78 is 4.93. The second-order valence-electron chi connectivity index (χ2n) is 7.01. The van der Waals surface area contributed by atoms with E-state index in [4.69, 9.17) is 10.5 Å². The van der Waals surface area contributed by atoms with Crippen LogP contribution >= 0.6 is 11.3 Å². The molecule has 0 atom stereocenters. The maximum absolute atomic E-state index is 12.3. The van der Waals surface area contributed by atoms with Crippen LogP contribution in [0.5, 0.6) is 0 Å². The average Bonchev–Trinajstić information content (AvgIpc) is 3.01. The summed E-state index contributed by atoms with van der Waals surface area (Å²) in [6.07, 6.45) is 4.89. The predicted molar refractivity (Wildman–Crippen MR) is 110 cm³/mol. The van der Waals surface area contributed by atoms with Crippen LogP contribution in [0.1, 0.15) is 46.5 Å². The number of hydrogen-bond acceptors (Lipinski definition) is 6. The van der Waals surface area contributed by atoms with E-state index < -0.39 is 5.91 Å². The van der Waals surface area contributed by atoms with Gasteiger partial charge in [-0.3, -0.25) is 19.3 Å². The summed E-state index contributed by atoms with van der Waals surface area (Å²) in [6, 6.07) is 0. The number of anilines is 1. The first-order valence-electron chi connectivity index (χ1n) is 9.60. The molecule has 1 aliphatic carbocycles. The predicted octanol–water partition coefficient (Wildman–Crippen LogP) is 1.14. The lowest BCUT2D eigenvalue weighted by molar-refractivity contribution is -0.122. The Kier molecular flexibility index (Phi) is 8.88. The third kappa shape index (κ3) is 6.57. The summed E-state index contributed by atoms with van der Waals surface area (Å²) in [5.41, 5.74) is 7.02. The van der Waals surface area contributed by atoms with Gasteiger partial charge < -0.3 is 21.1 Å². The van der Waals surface area contributed by atoms with Crippen molar-refractivity contribution in [2.75, 3.05) is 45.7 Å². The van der Waals surface area contributed by atoms with Crippen molar-refractivity contribution < 1.29 is 19.1 Å². The number of fused-ring (bicyclic) bond motifs is 1. The molecule has 156 valence electrons. The van der Waals surface area contributed by atoms with Crippen LogP contribution in [-0.4, -0.2) is 63.0 Å². The third-order valence-electron chi connectivity index (χ3n) is 4.65. The summed E-state index contributed by atoms with van der Waals surface area (Å²) in [5.74, 6) is -0.758. The van der Waals surface area contributed by atoms with Crippen LogP contribution in [0.25, 0.3) is 0 Å². The van der Waals surface area contributed by atoms with E-state index in [0.717, 1.165) is 42.5 Å². The fourth-order valence-corrected chi connectivity index (χ4v) is 4.53. The summed E-state index contributed by atoms with van der Waals surface area (Å²) in [7, 11) is 3.42. The highest BCUT2D eigenvalue weighted by Crippen LogP contribution is 2.37. The van der Waals surface area contributed by atoms with E-state index in [-0.39, 0.29) is 24.8 Å². The lowest BCUT2D eigenvalue weighted by Gasteiger charge is -2.16. The molecule has 28 heavy (non-hydrogen) atoms. The van der Waals surface area contributed by atoms with Crippen molar-refractivity contribution >= 4 is 34.1 Å². The number of aryl methyl sites for hydroxylation is 1. The Balaban J connectivity index is 1.80. The largest absolute Gasteiger partial charge is 0.385 e. The number of hydrogen-bond donors (Lipinski definition) is 3.